The van der Waals surface area contributed by atoms with Crippen LogP contribution in [0, 0.1) is 0 Å². The molecule has 0 saturated heterocycles. The van der Waals surface area contributed by atoms with Crippen LogP contribution in [0.15, 0.2) is 36.4 Å². The molecule has 0 aromatic heterocycles. The van der Waals surface area contributed by atoms with Crippen LogP contribution >= 0.6 is 23.2 Å². The van der Waals surface area contributed by atoms with Crippen molar-refractivity contribution in [3.8, 4) is 0 Å². The molecule has 1 heterocycles. The quantitative estimate of drug-likeness (QED) is 0.856. The van der Waals surface area contributed by atoms with E-state index >= 15 is 0 Å². The number of nitrogens with one attached hydrogen (secondary N) is 1. The van der Waals surface area contributed by atoms with Gasteiger partial charge >= 0.3 is 0 Å². The highest BCUT2D eigenvalue weighted by Crippen LogP contribution is 2.28. The lowest BCUT2D eigenvalue weighted by atomic mass is 10.1. The Kier molecular flexibility index (Phi) is 4.64. The smallest absolute Gasteiger partial charge is 0.255 e. The van der Waals surface area contributed by atoms with Crippen LogP contribution in [0.4, 0.5) is 5.69 Å². The summed E-state index contributed by atoms with van der Waals surface area (Å²) in [5.41, 5.74) is 8.19. The fourth-order valence-corrected chi connectivity index (χ4v) is 3.21. The molecule has 0 aliphatic carbocycles. The van der Waals surface area contributed by atoms with Crippen molar-refractivity contribution in [3.63, 3.8) is 0 Å². The van der Waals surface area contributed by atoms with E-state index in [0.717, 1.165) is 16.8 Å². The average Bonchev–Trinajstić information content (AvgIpc) is 2.82. The molecule has 1 aliphatic rings. The van der Waals surface area contributed by atoms with E-state index in [0.29, 0.717) is 28.7 Å². The Balaban J connectivity index is 1.75. The molecule has 24 heavy (non-hydrogen) atoms. The Morgan fingerprint density at radius 1 is 1.21 bits per heavy atom. The molecule has 3 N–H and O–H groups in total. The van der Waals surface area contributed by atoms with Gasteiger partial charge < -0.3 is 16.0 Å². The third-order valence-corrected chi connectivity index (χ3v) is 4.57. The zero-order valence-electron chi connectivity index (χ0n) is 12.7. The van der Waals surface area contributed by atoms with Gasteiger partial charge in [-0.25, -0.2) is 0 Å². The minimum Gasteiger partial charge on any atom is -0.381 e. The number of benzene rings is 2. The third kappa shape index (κ3) is 3.32. The van der Waals surface area contributed by atoms with E-state index in [1.807, 2.05) is 12.1 Å². The normalized spacial score (nSPS) is 13.1. The molecule has 1 aliphatic heterocycles. The fraction of sp³-hybridized carbons (Fsp3) is 0.176. The molecule has 2 aromatic carbocycles. The molecule has 0 saturated carbocycles. The number of carbonyl (C=O) groups excluding carboxylic acids is 2. The van der Waals surface area contributed by atoms with Crippen molar-refractivity contribution in [1.29, 1.82) is 0 Å². The minimum atomic E-state index is -0.525. The maximum absolute atomic E-state index is 12.3. The van der Waals surface area contributed by atoms with Gasteiger partial charge in [0.1, 0.15) is 0 Å². The number of nitrogens with zero attached hydrogens (tertiary/aromatic N) is 1. The second kappa shape index (κ2) is 6.71. The molecule has 0 bridgehead atoms. The molecule has 0 fully saturated rings. The van der Waals surface area contributed by atoms with E-state index in [9.17, 15) is 9.59 Å². The number of primary amides is 1. The van der Waals surface area contributed by atoms with Crippen molar-refractivity contribution in [3.05, 3.63) is 63.1 Å². The Morgan fingerprint density at radius 2 is 1.92 bits per heavy atom. The average molecular weight is 364 g/mol. The molecule has 0 spiro atoms. The Hall–Kier alpha value is -2.24. The molecule has 0 radical (unpaired) electrons. The molecule has 7 heteroatoms. The van der Waals surface area contributed by atoms with Crippen molar-refractivity contribution in [2.75, 3.05) is 11.9 Å². The van der Waals surface area contributed by atoms with Crippen LogP contribution in [0.25, 0.3) is 0 Å². The van der Waals surface area contributed by atoms with Crippen LogP contribution in [0.3, 0.4) is 0 Å². The Bertz CT molecular complexity index is 803. The number of amides is 2. The Labute approximate surface area is 149 Å². The number of halogens is 2. The number of rotatable bonds is 5. The van der Waals surface area contributed by atoms with Gasteiger partial charge in [0.15, 0.2) is 0 Å². The molecule has 2 amide bonds. The summed E-state index contributed by atoms with van der Waals surface area (Å²) in [5, 5.41) is 4.38. The molecular weight excluding hydrogens is 349 g/mol. The largest absolute Gasteiger partial charge is 0.381 e. The van der Waals surface area contributed by atoms with E-state index in [1.54, 1.807) is 24.3 Å². The number of hydrogen-bond donors (Lipinski definition) is 2. The lowest BCUT2D eigenvalue weighted by molar-refractivity contribution is -0.118. The highest BCUT2D eigenvalue weighted by Gasteiger charge is 2.28. The Morgan fingerprint density at radius 3 is 2.58 bits per heavy atom. The van der Waals surface area contributed by atoms with Crippen molar-refractivity contribution < 1.29 is 9.59 Å². The highest BCUT2D eigenvalue weighted by molar-refractivity contribution is 6.36. The first-order chi connectivity index (χ1) is 11.5. The van der Waals surface area contributed by atoms with Gasteiger partial charge in [-0.2, -0.15) is 0 Å². The first kappa shape index (κ1) is 16.6. The molecule has 0 atom stereocenters. The lowest BCUT2D eigenvalue weighted by Gasteiger charge is -2.12. The molecule has 3 rings (SSSR count). The molecular formula is C17H15Cl2N3O2. The summed E-state index contributed by atoms with van der Waals surface area (Å²) in [6.45, 7) is 0.760. The first-order valence-corrected chi connectivity index (χ1v) is 8.08. The van der Waals surface area contributed by atoms with Crippen molar-refractivity contribution in [1.82, 2.24) is 4.90 Å². The summed E-state index contributed by atoms with van der Waals surface area (Å²) in [6.07, 6.45) is 0. The number of hydrogen-bond acceptors (Lipinski definition) is 3. The molecule has 124 valence electrons. The highest BCUT2D eigenvalue weighted by atomic mass is 35.5. The number of carbonyl (C=O) groups is 2. The topological polar surface area (TPSA) is 75.4 Å². The van der Waals surface area contributed by atoms with Gasteiger partial charge in [-0.05, 0) is 29.8 Å². The zero-order chi connectivity index (χ0) is 17.3. The summed E-state index contributed by atoms with van der Waals surface area (Å²) in [6, 6.07) is 10.9. The SMILES string of the molecule is NC(=O)CN1Cc2ccc(NCc3c(Cl)cccc3Cl)cc2C1=O. The predicted molar refractivity (Wildman–Crippen MR) is 94.2 cm³/mol. The summed E-state index contributed by atoms with van der Waals surface area (Å²) < 4.78 is 0. The van der Waals surface area contributed by atoms with Gasteiger partial charge in [0.25, 0.3) is 5.91 Å². The van der Waals surface area contributed by atoms with Gasteiger partial charge in [0, 0.05) is 39.9 Å². The first-order valence-electron chi connectivity index (χ1n) is 7.33. The van der Waals surface area contributed by atoms with Gasteiger partial charge in [0.2, 0.25) is 5.91 Å². The monoisotopic (exact) mass is 363 g/mol. The third-order valence-electron chi connectivity index (χ3n) is 3.87. The molecule has 0 unspecified atom stereocenters. The van der Waals surface area contributed by atoms with E-state index in [4.69, 9.17) is 28.9 Å². The van der Waals surface area contributed by atoms with E-state index in [1.165, 1.54) is 4.90 Å². The fourth-order valence-electron chi connectivity index (χ4n) is 2.68. The molecule has 5 nitrogen and oxygen atoms in total. The van der Waals surface area contributed by atoms with Gasteiger partial charge in [-0.15, -0.1) is 0 Å². The van der Waals surface area contributed by atoms with Gasteiger partial charge in [0.05, 0.1) is 6.54 Å². The lowest BCUT2D eigenvalue weighted by Crippen LogP contribution is -2.33. The maximum Gasteiger partial charge on any atom is 0.255 e. The van der Waals surface area contributed by atoms with Gasteiger partial charge in [-0.3, -0.25) is 9.59 Å². The van der Waals surface area contributed by atoms with Gasteiger partial charge in [-0.1, -0.05) is 35.3 Å². The van der Waals surface area contributed by atoms with E-state index in [-0.39, 0.29) is 12.5 Å². The van der Waals surface area contributed by atoms with Crippen LogP contribution in [0.5, 0.6) is 0 Å². The summed E-state index contributed by atoms with van der Waals surface area (Å²) in [4.78, 5) is 24.8. The second-order valence-electron chi connectivity index (χ2n) is 5.55. The standard InChI is InChI=1S/C17H15Cl2N3O2/c18-14-2-1-3-15(19)13(14)7-21-11-5-4-10-8-22(9-16(20)23)17(24)12(10)6-11/h1-6,21H,7-9H2,(H2,20,23). The summed E-state index contributed by atoms with van der Waals surface area (Å²) >= 11 is 12.3. The zero-order valence-corrected chi connectivity index (χ0v) is 14.2. The van der Waals surface area contributed by atoms with E-state index in [2.05, 4.69) is 5.32 Å². The van der Waals surface area contributed by atoms with Crippen LogP contribution in [0.1, 0.15) is 21.5 Å². The van der Waals surface area contributed by atoms with Crippen LogP contribution in [-0.2, 0) is 17.9 Å². The van der Waals surface area contributed by atoms with Crippen molar-refractivity contribution in [2.45, 2.75) is 13.1 Å². The second-order valence-corrected chi connectivity index (χ2v) is 6.37. The van der Waals surface area contributed by atoms with Crippen LogP contribution in [0.2, 0.25) is 10.0 Å². The molecule has 2 aromatic rings. The van der Waals surface area contributed by atoms with Crippen LogP contribution < -0.4 is 11.1 Å². The number of fused-ring (bicyclic) bond motifs is 1. The van der Waals surface area contributed by atoms with Crippen molar-refractivity contribution >= 4 is 40.7 Å². The number of anilines is 1. The minimum absolute atomic E-state index is 0.0779. The maximum atomic E-state index is 12.3. The van der Waals surface area contributed by atoms with Crippen LogP contribution in [-0.4, -0.2) is 23.3 Å². The van der Waals surface area contributed by atoms with E-state index < -0.39 is 5.91 Å². The number of nitrogens with two attached hydrogens (primary N) is 1. The summed E-state index contributed by atoms with van der Waals surface area (Å²) in [5.74, 6) is -0.717. The summed E-state index contributed by atoms with van der Waals surface area (Å²) in [7, 11) is 0. The predicted octanol–water partition coefficient (Wildman–Crippen LogP) is 3.05. The van der Waals surface area contributed by atoms with Crippen molar-refractivity contribution in [2.24, 2.45) is 5.73 Å².